The number of aryl methyl sites for hydroxylation is 2. The lowest BCUT2D eigenvalue weighted by atomic mass is 10.1. The fraction of sp³-hybridized carbons (Fsp3) is 0.278. The third-order valence-corrected chi connectivity index (χ3v) is 5.19. The largest absolute Gasteiger partial charge is 0.461 e. The Kier molecular flexibility index (Phi) is 5.70. The lowest BCUT2D eigenvalue weighted by molar-refractivity contribution is -0.119. The van der Waals surface area contributed by atoms with Crippen LogP contribution in [-0.2, 0) is 27.7 Å². The van der Waals surface area contributed by atoms with Gasteiger partial charge in [0.1, 0.15) is 0 Å². The Morgan fingerprint density at radius 3 is 2.59 bits per heavy atom. The van der Waals surface area contributed by atoms with Crippen LogP contribution in [0.1, 0.15) is 31.2 Å². The lowest BCUT2D eigenvalue weighted by Gasteiger charge is -2.07. The van der Waals surface area contributed by atoms with Crippen LogP contribution in [0.25, 0.3) is 11.6 Å². The zero-order valence-corrected chi connectivity index (χ0v) is 15.5. The van der Waals surface area contributed by atoms with Gasteiger partial charge in [0.25, 0.3) is 10.0 Å². The number of carbonyl (C=O) groups excluding carboxylic acids is 1. The number of carbonyl (C=O) groups is 1. The van der Waals surface area contributed by atoms with Crippen molar-refractivity contribution in [3.8, 4) is 11.6 Å². The molecule has 1 amide bonds. The Balaban J connectivity index is 1.56. The second-order valence-electron chi connectivity index (χ2n) is 5.91. The second kappa shape index (κ2) is 8.17. The predicted molar refractivity (Wildman–Crippen MR) is 96.1 cm³/mol. The van der Waals surface area contributed by atoms with Gasteiger partial charge in [-0.25, -0.2) is 13.1 Å². The quantitative estimate of drug-likeness (QED) is 0.630. The van der Waals surface area contributed by atoms with Gasteiger partial charge in [0.05, 0.1) is 11.2 Å². The average Bonchev–Trinajstić information content (AvgIpc) is 3.32. The molecule has 9 heteroatoms. The van der Waals surface area contributed by atoms with Gasteiger partial charge in [0.2, 0.25) is 17.6 Å². The minimum atomic E-state index is -3.91. The molecule has 0 aliphatic heterocycles. The Labute approximate surface area is 156 Å². The molecule has 0 radical (unpaired) electrons. The molecule has 27 heavy (non-hydrogen) atoms. The molecule has 1 aromatic carbocycles. The fourth-order valence-corrected chi connectivity index (χ4v) is 3.48. The van der Waals surface area contributed by atoms with Crippen molar-refractivity contribution in [1.82, 2.24) is 14.9 Å². The van der Waals surface area contributed by atoms with E-state index >= 15 is 0 Å². The van der Waals surface area contributed by atoms with Gasteiger partial charge in [-0.1, -0.05) is 30.6 Å². The smallest absolute Gasteiger partial charge is 0.264 e. The summed E-state index contributed by atoms with van der Waals surface area (Å²) in [5.41, 5.74) is 1.05. The van der Waals surface area contributed by atoms with E-state index in [1.54, 1.807) is 24.3 Å². The maximum atomic E-state index is 12.3. The number of nitrogens with zero attached hydrogens (tertiary/aromatic N) is 2. The van der Waals surface area contributed by atoms with E-state index in [2.05, 4.69) is 14.9 Å². The average molecular weight is 389 g/mol. The maximum Gasteiger partial charge on any atom is 0.264 e. The summed E-state index contributed by atoms with van der Waals surface area (Å²) < 4.78 is 36.8. The fourth-order valence-electron chi connectivity index (χ4n) is 2.47. The van der Waals surface area contributed by atoms with Crippen molar-refractivity contribution in [2.75, 3.05) is 0 Å². The summed E-state index contributed by atoms with van der Waals surface area (Å²) in [5.74, 6) is 0.294. The minimum absolute atomic E-state index is 0.0496. The van der Waals surface area contributed by atoms with Crippen LogP contribution < -0.4 is 4.72 Å². The van der Waals surface area contributed by atoms with E-state index in [-0.39, 0.29) is 29.5 Å². The SMILES string of the molecule is CCCc1ccc(S(=O)(=O)NC(=O)CCc2nc(-c3ccco3)no2)cc1. The molecule has 142 valence electrons. The van der Waals surface area contributed by atoms with Crippen LogP contribution in [0.5, 0.6) is 0 Å². The molecule has 0 atom stereocenters. The van der Waals surface area contributed by atoms with E-state index in [9.17, 15) is 13.2 Å². The van der Waals surface area contributed by atoms with Crippen LogP contribution in [0.4, 0.5) is 0 Å². The first-order valence-corrected chi connectivity index (χ1v) is 9.97. The summed E-state index contributed by atoms with van der Waals surface area (Å²) in [6, 6.07) is 9.86. The molecular weight excluding hydrogens is 370 g/mol. The summed E-state index contributed by atoms with van der Waals surface area (Å²) in [7, 11) is -3.91. The number of nitrogens with one attached hydrogen (secondary N) is 1. The molecular formula is C18H19N3O5S. The van der Waals surface area contributed by atoms with Gasteiger partial charge in [-0.15, -0.1) is 0 Å². The predicted octanol–water partition coefficient (Wildman–Crippen LogP) is 2.72. The van der Waals surface area contributed by atoms with Gasteiger partial charge >= 0.3 is 0 Å². The number of benzene rings is 1. The summed E-state index contributed by atoms with van der Waals surface area (Å²) >= 11 is 0. The molecule has 0 fully saturated rings. The van der Waals surface area contributed by atoms with Gasteiger partial charge < -0.3 is 8.94 Å². The van der Waals surface area contributed by atoms with Gasteiger partial charge in [-0.2, -0.15) is 4.98 Å². The van der Waals surface area contributed by atoms with Gasteiger partial charge in [-0.05, 0) is 36.2 Å². The summed E-state index contributed by atoms with van der Waals surface area (Å²) in [4.78, 5) is 16.2. The Hall–Kier alpha value is -2.94. The normalized spacial score (nSPS) is 11.4. The van der Waals surface area contributed by atoms with Crippen LogP contribution in [0.3, 0.4) is 0 Å². The van der Waals surface area contributed by atoms with Crippen molar-refractivity contribution in [3.05, 3.63) is 54.1 Å². The van der Waals surface area contributed by atoms with E-state index in [1.807, 2.05) is 6.92 Å². The monoisotopic (exact) mass is 389 g/mol. The number of sulfonamides is 1. The van der Waals surface area contributed by atoms with Crippen molar-refractivity contribution in [2.45, 2.75) is 37.5 Å². The lowest BCUT2D eigenvalue weighted by Crippen LogP contribution is -2.30. The van der Waals surface area contributed by atoms with Crippen LogP contribution >= 0.6 is 0 Å². The zero-order chi connectivity index (χ0) is 19.3. The van der Waals surface area contributed by atoms with Gasteiger partial charge in [-0.3, -0.25) is 4.79 Å². The molecule has 0 aliphatic rings. The number of amides is 1. The molecule has 1 N–H and O–H groups in total. The van der Waals surface area contributed by atoms with Gasteiger partial charge in [0, 0.05) is 12.8 Å². The Morgan fingerprint density at radius 2 is 1.93 bits per heavy atom. The summed E-state index contributed by atoms with van der Waals surface area (Å²) in [6.45, 7) is 2.05. The van der Waals surface area contributed by atoms with Crippen molar-refractivity contribution >= 4 is 15.9 Å². The molecule has 8 nitrogen and oxygen atoms in total. The first-order valence-electron chi connectivity index (χ1n) is 8.49. The first kappa shape index (κ1) is 18.8. The Morgan fingerprint density at radius 1 is 1.15 bits per heavy atom. The zero-order valence-electron chi connectivity index (χ0n) is 14.7. The van der Waals surface area contributed by atoms with E-state index in [0.29, 0.717) is 5.76 Å². The highest BCUT2D eigenvalue weighted by molar-refractivity contribution is 7.90. The number of furan rings is 1. The molecule has 0 aliphatic carbocycles. The van der Waals surface area contributed by atoms with Crippen LogP contribution in [0.2, 0.25) is 0 Å². The molecule has 3 aromatic rings. The highest BCUT2D eigenvalue weighted by atomic mass is 32.2. The number of rotatable bonds is 8. The highest BCUT2D eigenvalue weighted by Gasteiger charge is 2.18. The molecule has 0 unspecified atom stereocenters. The molecule has 2 heterocycles. The topological polar surface area (TPSA) is 115 Å². The molecule has 0 bridgehead atoms. The molecule has 0 saturated carbocycles. The molecule has 0 saturated heterocycles. The van der Waals surface area contributed by atoms with Crippen molar-refractivity contribution in [3.63, 3.8) is 0 Å². The van der Waals surface area contributed by atoms with Crippen LogP contribution in [-0.4, -0.2) is 24.5 Å². The van der Waals surface area contributed by atoms with Crippen LogP contribution in [0.15, 0.2) is 56.5 Å². The maximum absolute atomic E-state index is 12.3. The number of aromatic nitrogens is 2. The minimum Gasteiger partial charge on any atom is -0.461 e. The van der Waals surface area contributed by atoms with Gasteiger partial charge in [0.15, 0.2) is 5.76 Å². The molecule has 2 aromatic heterocycles. The summed E-state index contributed by atoms with van der Waals surface area (Å²) in [5, 5.41) is 3.75. The van der Waals surface area contributed by atoms with E-state index in [0.717, 1.165) is 18.4 Å². The van der Waals surface area contributed by atoms with Crippen molar-refractivity contribution in [1.29, 1.82) is 0 Å². The highest BCUT2D eigenvalue weighted by Crippen LogP contribution is 2.16. The Bertz CT molecular complexity index is 992. The molecule has 0 spiro atoms. The standard InChI is InChI=1S/C18H19N3O5S/c1-2-4-13-6-8-14(9-7-13)27(23,24)21-16(22)10-11-17-19-18(20-26-17)15-5-3-12-25-15/h3,5-9,12H,2,4,10-11H2,1H3,(H,21,22). The number of hydrogen-bond acceptors (Lipinski definition) is 7. The van der Waals surface area contributed by atoms with Crippen molar-refractivity contribution < 1.29 is 22.2 Å². The van der Waals surface area contributed by atoms with E-state index in [4.69, 9.17) is 8.94 Å². The summed E-state index contributed by atoms with van der Waals surface area (Å²) in [6.07, 6.45) is 3.34. The molecule has 3 rings (SSSR count). The van der Waals surface area contributed by atoms with Crippen LogP contribution in [0, 0.1) is 0 Å². The third-order valence-electron chi connectivity index (χ3n) is 3.80. The van der Waals surface area contributed by atoms with E-state index < -0.39 is 15.9 Å². The third kappa shape index (κ3) is 4.82. The van der Waals surface area contributed by atoms with Crippen molar-refractivity contribution in [2.24, 2.45) is 0 Å². The second-order valence-corrected chi connectivity index (χ2v) is 7.59. The number of hydrogen-bond donors (Lipinski definition) is 1. The first-order chi connectivity index (χ1) is 13.0. The van der Waals surface area contributed by atoms with E-state index in [1.165, 1.54) is 18.4 Å².